The smallest absolute Gasteiger partial charge is 0.263 e. The predicted octanol–water partition coefficient (Wildman–Crippen LogP) is 2.27. The first-order chi connectivity index (χ1) is 8.90. The molecule has 1 fully saturated rings. The molecule has 5 heteroatoms. The second kappa shape index (κ2) is 5.59. The summed E-state index contributed by atoms with van der Waals surface area (Å²) in [6.07, 6.45) is 2.42. The fourth-order valence-electron chi connectivity index (χ4n) is 2.64. The van der Waals surface area contributed by atoms with Crippen molar-refractivity contribution in [2.45, 2.75) is 46.6 Å². The Morgan fingerprint density at radius 2 is 2.26 bits per heavy atom. The van der Waals surface area contributed by atoms with Crippen LogP contribution in [-0.4, -0.2) is 30.0 Å². The lowest BCUT2D eigenvalue weighted by Crippen LogP contribution is -2.52. The van der Waals surface area contributed by atoms with Gasteiger partial charge in [-0.25, -0.2) is 4.98 Å². The number of nitrogens with one attached hydrogen (secondary N) is 2. The molecule has 0 spiro atoms. The van der Waals surface area contributed by atoms with Gasteiger partial charge in [-0.05, 0) is 38.6 Å². The Bertz CT molecular complexity index is 467. The molecule has 2 heterocycles. The molecule has 1 amide bonds. The molecule has 19 heavy (non-hydrogen) atoms. The molecule has 0 aliphatic carbocycles. The molecule has 2 N–H and O–H groups in total. The number of carbonyl (C=O) groups excluding carboxylic acids is 1. The molecule has 1 unspecified atom stereocenters. The minimum Gasteiger partial charge on any atom is -0.350 e. The highest BCUT2D eigenvalue weighted by molar-refractivity contribution is 7.13. The van der Waals surface area contributed by atoms with Crippen LogP contribution in [0.3, 0.4) is 0 Å². The summed E-state index contributed by atoms with van der Waals surface area (Å²) in [4.78, 5) is 17.2. The highest BCUT2D eigenvalue weighted by atomic mass is 32.1. The van der Waals surface area contributed by atoms with Crippen LogP contribution in [0, 0.1) is 19.3 Å². The van der Waals surface area contributed by atoms with Gasteiger partial charge >= 0.3 is 0 Å². The minimum absolute atomic E-state index is 0.00581. The molecule has 0 aromatic carbocycles. The topological polar surface area (TPSA) is 54.0 Å². The molecule has 2 rings (SSSR count). The molecule has 4 nitrogen and oxygen atoms in total. The Balaban J connectivity index is 1.95. The average Bonchev–Trinajstić information content (AvgIpc) is 2.66. The van der Waals surface area contributed by atoms with Crippen molar-refractivity contribution in [1.82, 2.24) is 15.6 Å². The molecule has 1 saturated heterocycles. The molecular weight excluding hydrogens is 258 g/mol. The van der Waals surface area contributed by atoms with E-state index in [0.29, 0.717) is 12.6 Å². The predicted molar refractivity (Wildman–Crippen MR) is 78.7 cm³/mol. The molecule has 1 atom stereocenters. The standard InChI is InChI=1S/C14H23N3OS/c1-9-12(19-10(2)17-9)13(18)16-8-11-14(3,4)6-5-7-15-11/h11,15H,5-8H2,1-4H3,(H,16,18). The van der Waals surface area contributed by atoms with Crippen molar-refractivity contribution in [3.63, 3.8) is 0 Å². The fraction of sp³-hybridized carbons (Fsp3) is 0.714. The van der Waals surface area contributed by atoms with Gasteiger partial charge in [0.25, 0.3) is 5.91 Å². The number of hydrogen-bond donors (Lipinski definition) is 2. The number of hydrogen-bond acceptors (Lipinski definition) is 4. The molecule has 0 radical (unpaired) electrons. The van der Waals surface area contributed by atoms with Gasteiger partial charge in [0.1, 0.15) is 4.88 Å². The maximum atomic E-state index is 12.2. The van der Waals surface area contributed by atoms with E-state index in [1.165, 1.54) is 24.2 Å². The van der Waals surface area contributed by atoms with Crippen molar-refractivity contribution < 1.29 is 4.79 Å². The molecule has 1 aliphatic heterocycles. The maximum Gasteiger partial charge on any atom is 0.263 e. The zero-order valence-electron chi connectivity index (χ0n) is 12.2. The van der Waals surface area contributed by atoms with Gasteiger partial charge in [0.2, 0.25) is 0 Å². The van der Waals surface area contributed by atoms with E-state index < -0.39 is 0 Å². The van der Waals surface area contributed by atoms with Crippen molar-refractivity contribution in [3.05, 3.63) is 15.6 Å². The molecule has 106 valence electrons. The lowest BCUT2D eigenvalue weighted by Gasteiger charge is -2.39. The third kappa shape index (κ3) is 3.34. The van der Waals surface area contributed by atoms with Crippen molar-refractivity contribution in [3.8, 4) is 0 Å². The number of piperidine rings is 1. The van der Waals surface area contributed by atoms with Gasteiger partial charge in [-0.2, -0.15) is 0 Å². The van der Waals surface area contributed by atoms with Gasteiger partial charge < -0.3 is 10.6 Å². The molecule has 1 aromatic rings. The lowest BCUT2D eigenvalue weighted by molar-refractivity contribution is 0.0932. The van der Waals surface area contributed by atoms with Crippen molar-refractivity contribution in [2.24, 2.45) is 5.41 Å². The lowest BCUT2D eigenvalue weighted by atomic mass is 9.77. The van der Waals surface area contributed by atoms with E-state index in [4.69, 9.17) is 0 Å². The number of aromatic nitrogens is 1. The summed E-state index contributed by atoms with van der Waals surface area (Å²) in [6.45, 7) is 10.1. The van der Waals surface area contributed by atoms with E-state index in [2.05, 4.69) is 29.5 Å². The Kier molecular flexibility index (Phi) is 4.26. The Hall–Kier alpha value is -0.940. The van der Waals surface area contributed by atoms with E-state index in [0.717, 1.165) is 22.1 Å². The van der Waals surface area contributed by atoms with Crippen LogP contribution in [0.15, 0.2) is 0 Å². The SMILES string of the molecule is Cc1nc(C)c(C(=O)NCC2NCCCC2(C)C)s1. The van der Waals surface area contributed by atoms with E-state index in [-0.39, 0.29) is 11.3 Å². The molecule has 0 bridgehead atoms. The van der Waals surface area contributed by atoms with Crippen LogP contribution in [0.1, 0.15) is 47.1 Å². The first kappa shape index (κ1) is 14.5. The first-order valence-corrected chi connectivity index (χ1v) is 7.67. The Morgan fingerprint density at radius 3 is 2.84 bits per heavy atom. The summed E-state index contributed by atoms with van der Waals surface area (Å²) >= 11 is 1.47. The normalized spacial score (nSPS) is 22.2. The van der Waals surface area contributed by atoms with E-state index in [1.807, 2.05) is 13.8 Å². The quantitative estimate of drug-likeness (QED) is 0.893. The molecular formula is C14H23N3OS. The van der Waals surface area contributed by atoms with Crippen LogP contribution < -0.4 is 10.6 Å². The zero-order chi connectivity index (χ0) is 14.0. The van der Waals surface area contributed by atoms with Crippen molar-refractivity contribution in [2.75, 3.05) is 13.1 Å². The number of nitrogens with zero attached hydrogens (tertiary/aromatic N) is 1. The van der Waals surface area contributed by atoms with E-state index in [1.54, 1.807) is 0 Å². The van der Waals surface area contributed by atoms with E-state index >= 15 is 0 Å². The highest BCUT2D eigenvalue weighted by Gasteiger charge is 2.32. The summed E-state index contributed by atoms with van der Waals surface area (Å²) in [5.74, 6) is 0.00581. The van der Waals surface area contributed by atoms with Gasteiger partial charge in [0.05, 0.1) is 10.7 Å². The van der Waals surface area contributed by atoms with Crippen LogP contribution in [0.4, 0.5) is 0 Å². The molecule has 0 saturated carbocycles. The number of rotatable bonds is 3. The van der Waals surface area contributed by atoms with E-state index in [9.17, 15) is 4.79 Å². The van der Waals surface area contributed by atoms with Crippen LogP contribution >= 0.6 is 11.3 Å². The number of amides is 1. The second-order valence-electron chi connectivity index (χ2n) is 5.96. The molecule has 1 aromatic heterocycles. The summed E-state index contributed by atoms with van der Waals surface area (Å²) in [6, 6.07) is 0.347. The summed E-state index contributed by atoms with van der Waals surface area (Å²) < 4.78 is 0. The number of thiazole rings is 1. The van der Waals surface area contributed by atoms with Crippen LogP contribution in [0.25, 0.3) is 0 Å². The zero-order valence-corrected chi connectivity index (χ0v) is 13.0. The third-order valence-electron chi connectivity index (χ3n) is 3.91. The van der Waals surface area contributed by atoms with Gasteiger partial charge in [0.15, 0.2) is 0 Å². The van der Waals surface area contributed by atoms with Gasteiger partial charge in [-0.3, -0.25) is 4.79 Å². The fourth-order valence-corrected chi connectivity index (χ4v) is 3.47. The van der Waals surface area contributed by atoms with Crippen molar-refractivity contribution >= 4 is 17.2 Å². The average molecular weight is 281 g/mol. The molecule has 1 aliphatic rings. The number of carbonyl (C=O) groups is 1. The van der Waals surface area contributed by atoms with Gasteiger partial charge in [-0.15, -0.1) is 11.3 Å². The summed E-state index contributed by atoms with van der Waals surface area (Å²) in [7, 11) is 0. The van der Waals surface area contributed by atoms with Crippen LogP contribution in [0.2, 0.25) is 0 Å². The number of aryl methyl sites for hydroxylation is 2. The minimum atomic E-state index is 0.00581. The Labute approximate surface area is 119 Å². The van der Waals surface area contributed by atoms with Gasteiger partial charge in [0, 0.05) is 12.6 Å². The third-order valence-corrected chi connectivity index (χ3v) is 4.98. The van der Waals surface area contributed by atoms with Gasteiger partial charge in [-0.1, -0.05) is 13.8 Å². The van der Waals surface area contributed by atoms with Crippen LogP contribution in [-0.2, 0) is 0 Å². The second-order valence-corrected chi connectivity index (χ2v) is 7.16. The largest absolute Gasteiger partial charge is 0.350 e. The summed E-state index contributed by atoms with van der Waals surface area (Å²) in [5, 5.41) is 7.50. The Morgan fingerprint density at radius 1 is 1.53 bits per heavy atom. The maximum absolute atomic E-state index is 12.2. The summed E-state index contributed by atoms with van der Waals surface area (Å²) in [5.41, 5.74) is 1.07. The van der Waals surface area contributed by atoms with Crippen molar-refractivity contribution in [1.29, 1.82) is 0 Å². The first-order valence-electron chi connectivity index (χ1n) is 6.86. The van der Waals surface area contributed by atoms with Crippen LogP contribution in [0.5, 0.6) is 0 Å². The monoisotopic (exact) mass is 281 g/mol. The highest BCUT2D eigenvalue weighted by Crippen LogP contribution is 2.29.